The Hall–Kier alpha value is -0.830. The van der Waals surface area contributed by atoms with Gasteiger partial charge in [-0.1, -0.05) is 46.8 Å². The van der Waals surface area contributed by atoms with Crippen LogP contribution in [0.3, 0.4) is 0 Å². The van der Waals surface area contributed by atoms with Crippen LogP contribution >= 0.6 is 0 Å². The third-order valence-electron chi connectivity index (χ3n) is 13.8. The van der Waals surface area contributed by atoms with Gasteiger partial charge in [0.05, 0.1) is 0 Å². The lowest BCUT2D eigenvalue weighted by Gasteiger charge is -2.73. The average molecular weight is 485 g/mol. The SMILES string of the molecule is C=C(C)[C@@H]1CC[C@]2(CO)CC[C@]3(C)[C@@H](CC[C@H]4[C@@]5(C)CC[C@H](OC(C)=O)C(C)(C)[C@@H]5CC[C@]43C)[C@H]12. The monoisotopic (exact) mass is 484 g/mol. The number of fused-ring (bicyclic) bond motifs is 7. The van der Waals surface area contributed by atoms with E-state index in [0.717, 1.165) is 12.3 Å². The van der Waals surface area contributed by atoms with Crippen molar-refractivity contribution in [3.05, 3.63) is 12.2 Å². The first kappa shape index (κ1) is 25.8. The summed E-state index contributed by atoms with van der Waals surface area (Å²) in [5, 5.41) is 10.7. The molecule has 0 aromatic carbocycles. The number of carbonyl (C=O) groups is 1. The van der Waals surface area contributed by atoms with E-state index in [-0.39, 0.29) is 22.9 Å². The molecule has 1 N–H and O–H groups in total. The lowest BCUT2D eigenvalue weighted by atomic mass is 9.32. The number of ether oxygens (including phenoxy) is 1. The Balaban J connectivity index is 1.51. The highest BCUT2D eigenvalue weighted by molar-refractivity contribution is 5.66. The molecule has 0 radical (unpaired) electrons. The van der Waals surface area contributed by atoms with Gasteiger partial charge in [0.1, 0.15) is 6.10 Å². The van der Waals surface area contributed by atoms with E-state index in [0.29, 0.717) is 46.5 Å². The maximum absolute atomic E-state index is 11.9. The van der Waals surface area contributed by atoms with Crippen LogP contribution in [0.1, 0.15) is 113 Å². The zero-order chi connectivity index (χ0) is 25.6. The standard InChI is InChI=1S/C32H52O3/c1-20(2)22-11-16-32(19-33)18-17-30(7)23(27(22)32)9-10-25-29(6)14-13-26(35-21(3)34)28(4,5)24(29)12-15-31(25,30)8/h22-27,33H,1,9-19H2,2-8H3/t22-,23-,24-,25-,26-,27-,29-,30+,31+,32+/m0/s1. The predicted molar refractivity (Wildman–Crippen MR) is 142 cm³/mol. The molecule has 5 rings (SSSR count). The maximum Gasteiger partial charge on any atom is 0.302 e. The van der Waals surface area contributed by atoms with Gasteiger partial charge in [-0.15, -0.1) is 0 Å². The maximum atomic E-state index is 11.9. The summed E-state index contributed by atoms with van der Waals surface area (Å²) >= 11 is 0. The van der Waals surface area contributed by atoms with Crippen LogP contribution in [-0.4, -0.2) is 23.8 Å². The van der Waals surface area contributed by atoms with Gasteiger partial charge in [-0.25, -0.2) is 0 Å². The minimum atomic E-state index is -0.126. The molecular weight excluding hydrogens is 432 g/mol. The number of allylic oxidation sites excluding steroid dienone is 1. The average Bonchev–Trinajstić information content (AvgIpc) is 3.16. The molecule has 0 amide bonds. The summed E-state index contributed by atoms with van der Waals surface area (Å²) in [5.74, 6) is 3.07. The second-order valence-electron chi connectivity index (χ2n) is 15.2. The second kappa shape index (κ2) is 8.08. The number of hydrogen-bond acceptors (Lipinski definition) is 3. The van der Waals surface area contributed by atoms with Crippen molar-refractivity contribution in [3.8, 4) is 0 Å². The van der Waals surface area contributed by atoms with Gasteiger partial charge in [-0.3, -0.25) is 4.79 Å². The fourth-order valence-electron chi connectivity index (χ4n) is 11.9. The Morgan fingerprint density at radius 3 is 2.20 bits per heavy atom. The molecule has 0 aromatic heterocycles. The lowest BCUT2D eigenvalue weighted by Crippen LogP contribution is -2.67. The van der Waals surface area contributed by atoms with Crippen LogP contribution in [0.5, 0.6) is 0 Å². The molecule has 0 aromatic rings. The van der Waals surface area contributed by atoms with E-state index < -0.39 is 0 Å². The summed E-state index contributed by atoms with van der Waals surface area (Å²) in [7, 11) is 0. The van der Waals surface area contributed by atoms with Crippen LogP contribution in [0.2, 0.25) is 0 Å². The first-order valence-electron chi connectivity index (χ1n) is 14.7. The van der Waals surface area contributed by atoms with Crippen LogP contribution in [-0.2, 0) is 9.53 Å². The van der Waals surface area contributed by atoms with Crippen molar-refractivity contribution in [2.75, 3.05) is 6.61 Å². The van der Waals surface area contributed by atoms with Crippen molar-refractivity contribution < 1.29 is 14.6 Å². The Bertz CT molecular complexity index is 891. The molecule has 5 aliphatic carbocycles. The predicted octanol–water partition coefficient (Wildman–Crippen LogP) is 7.57. The van der Waals surface area contributed by atoms with Crippen LogP contribution in [0.4, 0.5) is 0 Å². The Labute approximate surface area is 214 Å². The molecule has 0 spiro atoms. The fourth-order valence-corrected chi connectivity index (χ4v) is 11.9. The van der Waals surface area contributed by atoms with Crippen molar-refractivity contribution >= 4 is 5.97 Å². The molecule has 5 aliphatic rings. The highest BCUT2D eigenvalue weighted by atomic mass is 16.5. The zero-order valence-corrected chi connectivity index (χ0v) is 23.7. The molecule has 0 aliphatic heterocycles. The number of carbonyl (C=O) groups excluding carboxylic acids is 1. The molecule has 35 heavy (non-hydrogen) atoms. The molecule has 5 saturated carbocycles. The van der Waals surface area contributed by atoms with Crippen molar-refractivity contribution in [1.29, 1.82) is 0 Å². The zero-order valence-electron chi connectivity index (χ0n) is 23.7. The van der Waals surface area contributed by atoms with Gasteiger partial charge in [-0.2, -0.15) is 0 Å². The normalized spacial score (nSPS) is 52.5. The van der Waals surface area contributed by atoms with Gasteiger partial charge in [0.15, 0.2) is 0 Å². The number of aliphatic hydroxyl groups is 1. The van der Waals surface area contributed by atoms with E-state index in [1.165, 1.54) is 63.4 Å². The summed E-state index contributed by atoms with van der Waals surface area (Å²) in [6.45, 7) is 21.3. The van der Waals surface area contributed by atoms with Gasteiger partial charge < -0.3 is 9.84 Å². The van der Waals surface area contributed by atoms with Gasteiger partial charge in [-0.05, 0) is 122 Å². The quantitative estimate of drug-likeness (QED) is 0.332. The van der Waals surface area contributed by atoms with Crippen molar-refractivity contribution in [2.24, 2.45) is 56.7 Å². The molecule has 0 bridgehead atoms. The lowest BCUT2D eigenvalue weighted by molar-refractivity contribution is -0.251. The van der Waals surface area contributed by atoms with Crippen LogP contribution in [0.25, 0.3) is 0 Å². The summed E-state index contributed by atoms with van der Waals surface area (Å²) in [5.41, 5.74) is 2.45. The van der Waals surface area contributed by atoms with E-state index in [4.69, 9.17) is 4.74 Å². The van der Waals surface area contributed by atoms with E-state index in [9.17, 15) is 9.90 Å². The highest BCUT2D eigenvalue weighted by Crippen LogP contribution is 2.77. The van der Waals surface area contributed by atoms with Crippen LogP contribution in [0, 0.1) is 56.7 Å². The largest absolute Gasteiger partial charge is 0.462 e. The number of esters is 1. The van der Waals surface area contributed by atoms with E-state index in [1.54, 1.807) is 6.92 Å². The molecule has 198 valence electrons. The first-order valence-corrected chi connectivity index (χ1v) is 14.7. The Morgan fingerprint density at radius 1 is 0.857 bits per heavy atom. The molecule has 5 fully saturated rings. The molecular formula is C32H52O3. The van der Waals surface area contributed by atoms with E-state index in [2.05, 4.69) is 48.1 Å². The van der Waals surface area contributed by atoms with Gasteiger partial charge in [0.2, 0.25) is 0 Å². The number of rotatable bonds is 3. The molecule has 3 nitrogen and oxygen atoms in total. The summed E-state index contributed by atoms with van der Waals surface area (Å²) in [6, 6.07) is 0. The summed E-state index contributed by atoms with van der Waals surface area (Å²) in [4.78, 5) is 11.9. The smallest absolute Gasteiger partial charge is 0.302 e. The van der Waals surface area contributed by atoms with Crippen molar-refractivity contribution in [2.45, 2.75) is 119 Å². The van der Waals surface area contributed by atoms with Crippen molar-refractivity contribution in [3.63, 3.8) is 0 Å². The van der Waals surface area contributed by atoms with Gasteiger partial charge in [0.25, 0.3) is 0 Å². The topological polar surface area (TPSA) is 46.5 Å². The minimum absolute atomic E-state index is 0.0207. The number of hydrogen-bond donors (Lipinski definition) is 1. The molecule has 3 heteroatoms. The van der Waals surface area contributed by atoms with Crippen LogP contribution in [0.15, 0.2) is 12.2 Å². The Kier molecular flexibility index (Phi) is 5.96. The van der Waals surface area contributed by atoms with E-state index >= 15 is 0 Å². The number of aliphatic hydroxyl groups excluding tert-OH is 1. The van der Waals surface area contributed by atoms with Crippen LogP contribution < -0.4 is 0 Å². The third kappa shape index (κ3) is 3.28. The summed E-state index contributed by atoms with van der Waals surface area (Å²) < 4.78 is 5.90. The van der Waals surface area contributed by atoms with E-state index in [1.807, 2.05) is 0 Å². The molecule has 10 atom stereocenters. The minimum Gasteiger partial charge on any atom is -0.462 e. The first-order chi connectivity index (χ1) is 16.3. The summed E-state index contributed by atoms with van der Waals surface area (Å²) in [6.07, 6.45) is 12.2. The fraction of sp³-hybridized carbons (Fsp3) is 0.906. The molecule has 0 saturated heterocycles. The van der Waals surface area contributed by atoms with Crippen molar-refractivity contribution in [1.82, 2.24) is 0 Å². The molecule has 0 heterocycles. The molecule has 0 unspecified atom stereocenters. The Morgan fingerprint density at radius 2 is 1.57 bits per heavy atom. The second-order valence-corrected chi connectivity index (χ2v) is 15.2. The van der Waals surface area contributed by atoms with Gasteiger partial charge >= 0.3 is 5.97 Å². The third-order valence-corrected chi connectivity index (χ3v) is 13.8. The van der Waals surface area contributed by atoms with Gasteiger partial charge in [0, 0.05) is 18.9 Å². The highest BCUT2D eigenvalue weighted by Gasteiger charge is 2.71.